The van der Waals surface area contributed by atoms with Crippen molar-refractivity contribution in [3.8, 4) is 5.75 Å². The van der Waals surface area contributed by atoms with Crippen LogP contribution >= 0.6 is 11.6 Å². The van der Waals surface area contributed by atoms with Gasteiger partial charge in [0.25, 0.3) is 0 Å². The second-order valence-electron chi connectivity index (χ2n) is 5.51. The van der Waals surface area contributed by atoms with E-state index in [1.807, 2.05) is 0 Å². The van der Waals surface area contributed by atoms with E-state index in [9.17, 15) is 18.0 Å². The molecule has 0 saturated heterocycles. The Morgan fingerprint density at radius 3 is 2.64 bits per heavy atom. The van der Waals surface area contributed by atoms with Crippen LogP contribution in [0.25, 0.3) is 11.0 Å². The minimum Gasteiger partial charge on any atom is -0.487 e. The maximum atomic E-state index is 12.7. The minimum atomic E-state index is -4.42. The highest BCUT2D eigenvalue weighted by Crippen LogP contribution is 2.32. The fraction of sp³-hybridized carbons (Fsp3) is 0.167. The fourth-order valence-corrected chi connectivity index (χ4v) is 2.65. The van der Waals surface area contributed by atoms with Gasteiger partial charge in [-0.3, -0.25) is 0 Å². The molecule has 1 aromatic heterocycles. The number of rotatable bonds is 3. The normalized spacial score (nSPS) is 11.7. The predicted octanol–water partition coefficient (Wildman–Crippen LogP) is 5.35. The molecular weight excluding hydrogens is 357 g/mol. The van der Waals surface area contributed by atoms with Crippen LogP contribution < -0.4 is 10.4 Å². The van der Waals surface area contributed by atoms with Gasteiger partial charge in [0.1, 0.15) is 17.9 Å². The number of halogens is 4. The molecule has 1 heterocycles. The largest absolute Gasteiger partial charge is 0.487 e. The first kappa shape index (κ1) is 17.4. The van der Waals surface area contributed by atoms with Gasteiger partial charge in [-0.2, -0.15) is 13.2 Å². The Kier molecular flexibility index (Phi) is 4.47. The van der Waals surface area contributed by atoms with E-state index in [4.69, 9.17) is 20.8 Å². The van der Waals surface area contributed by atoms with Crippen LogP contribution in [-0.4, -0.2) is 0 Å². The minimum absolute atomic E-state index is 0.106. The van der Waals surface area contributed by atoms with Gasteiger partial charge in [-0.15, -0.1) is 0 Å². The number of hydrogen-bond donors (Lipinski definition) is 0. The highest BCUT2D eigenvalue weighted by Gasteiger charge is 2.30. The highest BCUT2D eigenvalue weighted by atomic mass is 35.5. The van der Waals surface area contributed by atoms with Gasteiger partial charge in [0.05, 0.1) is 10.6 Å². The predicted molar refractivity (Wildman–Crippen MR) is 88.0 cm³/mol. The van der Waals surface area contributed by atoms with Crippen molar-refractivity contribution in [3.05, 3.63) is 74.6 Å². The summed E-state index contributed by atoms with van der Waals surface area (Å²) in [5.74, 6) is 0.223. The molecule has 3 nitrogen and oxygen atoms in total. The Hall–Kier alpha value is -2.47. The second kappa shape index (κ2) is 6.44. The number of hydrogen-bond acceptors (Lipinski definition) is 3. The van der Waals surface area contributed by atoms with Crippen molar-refractivity contribution in [3.63, 3.8) is 0 Å². The van der Waals surface area contributed by atoms with Crippen molar-refractivity contribution in [2.75, 3.05) is 0 Å². The number of aryl methyl sites for hydroxylation is 1. The van der Waals surface area contributed by atoms with Gasteiger partial charge in [-0.1, -0.05) is 23.7 Å². The second-order valence-corrected chi connectivity index (χ2v) is 5.92. The molecule has 0 atom stereocenters. The van der Waals surface area contributed by atoms with Crippen LogP contribution in [-0.2, 0) is 12.8 Å². The van der Waals surface area contributed by atoms with Gasteiger partial charge < -0.3 is 9.15 Å². The van der Waals surface area contributed by atoms with E-state index in [2.05, 4.69) is 0 Å². The lowest BCUT2D eigenvalue weighted by Crippen LogP contribution is -2.06. The maximum Gasteiger partial charge on any atom is 0.416 e. The van der Waals surface area contributed by atoms with E-state index >= 15 is 0 Å². The number of alkyl halides is 3. The van der Waals surface area contributed by atoms with Crippen molar-refractivity contribution < 1.29 is 22.3 Å². The van der Waals surface area contributed by atoms with Crippen LogP contribution in [0.15, 0.2) is 51.7 Å². The Morgan fingerprint density at radius 1 is 1.16 bits per heavy atom. The summed E-state index contributed by atoms with van der Waals surface area (Å²) in [5, 5.41) is 0.937. The van der Waals surface area contributed by atoms with E-state index in [1.165, 1.54) is 24.3 Å². The Balaban J connectivity index is 1.89. The average Bonchev–Trinajstić information content (AvgIpc) is 2.53. The third-order valence-corrected chi connectivity index (χ3v) is 3.95. The molecule has 0 fully saturated rings. The zero-order valence-electron chi connectivity index (χ0n) is 13.0. The van der Waals surface area contributed by atoms with Crippen molar-refractivity contribution in [2.45, 2.75) is 19.7 Å². The van der Waals surface area contributed by atoms with Gasteiger partial charge in [-0.05, 0) is 36.2 Å². The Morgan fingerprint density at radius 2 is 1.92 bits per heavy atom. The standard InChI is InChI=1S/C18H12ClF3O3/c1-10-5-17(23)25-15-8-16(14(19)7-13(10)15)24-9-11-3-2-4-12(6-11)18(20,21)22/h2-8H,9H2,1H3. The number of ether oxygens (including phenoxy) is 1. The van der Waals surface area contributed by atoms with Crippen LogP contribution in [0.2, 0.25) is 5.02 Å². The van der Waals surface area contributed by atoms with E-state index in [-0.39, 0.29) is 17.4 Å². The highest BCUT2D eigenvalue weighted by molar-refractivity contribution is 6.32. The third-order valence-electron chi connectivity index (χ3n) is 3.65. The van der Waals surface area contributed by atoms with Crippen LogP contribution in [0.5, 0.6) is 5.75 Å². The quantitative estimate of drug-likeness (QED) is 0.585. The first-order valence-corrected chi connectivity index (χ1v) is 7.65. The van der Waals surface area contributed by atoms with Crippen LogP contribution in [0.4, 0.5) is 13.2 Å². The van der Waals surface area contributed by atoms with Gasteiger partial charge in [0, 0.05) is 17.5 Å². The zero-order chi connectivity index (χ0) is 18.2. The first-order chi connectivity index (χ1) is 11.7. The summed E-state index contributed by atoms with van der Waals surface area (Å²) in [6, 6.07) is 9.24. The van der Waals surface area contributed by atoms with Gasteiger partial charge in [0.2, 0.25) is 0 Å². The molecule has 25 heavy (non-hydrogen) atoms. The maximum absolute atomic E-state index is 12.7. The molecule has 0 bridgehead atoms. The number of fused-ring (bicyclic) bond motifs is 1. The number of benzene rings is 2. The zero-order valence-corrected chi connectivity index (χ0v) is 13.7. The molecule has 130 valence electrons. The molecule has 0 saturated carbocycles. The molecule has 0 amide bonds. The SMILES string of the molecule is Cc1cc(=O)oc2cc(OCc3cccc(C(F)(F)F)c3)c(Cl)cc12. The Labute approximate surface area is 145 Å². The third kappa shape index (κ3) is 3.79. The van der Waals surface area contributed by atoms with E-state index in [0.717, 1.165) is 12.1 Å². The van der Waals surface area contributed by atoms with Crippen LogP contribution in [0, 0.1) is 6.92 Å². The molecule has 0 N–H and O–H groups in total. The lowest BCUT2D eigenvalue weighted by atomic mass is 10.1. The summed E-state index contributed by atoms with van der Waals surface area (Å²) >= 11 is 6.16. The molecule has 0 aliphatic rings. The van der Waals surface area contributed by atoms with E-state index < -0.39 is 17.4 Å². The molecule has 2 aromatic carbocycles. The summed E-state index contributed by atoms with van der Waals surface area (Å²) in [6.07, 6.45) is -4.42. The average molecular weight is 369 g/mol. The van der Waals surface area contributed by atoms with Gasteiger partial charge in [0.15, 0.2) is 0 Å². The molecular formula is C18H12ClF3O3. The molecule has 3 rings (SSSR count). The molecule has 0 radical (unpaired) electrons. The van der Waals surface area contributed by atoms with Crippen molar-refractivity contribution >= 4 is 22.6 Å². The Bertz CT molecular complexity index is 993. The first-order valence-electron chi connectivity index (χ1n) is 7.27. The monoisotopic (exact) mass is 368 g/mol. The molecule has 0 aliphatic carbocycles. The fourth-order valence-electron chi connectivity index (χ4n) is 2.43. The molecule has 0 aliphatic heterocycles. The summed E-state index contributed by atoms with van der Waals surface area (Å²) in [4.78, 5) is 11.5. The molecule has 3 aromatic rings. The topological polar surface area (TPSA) is 39.4 Å². The van der Waals surface area contributed by atoms with Gasteiger partial charge >= 0.3 is 11.8 Å². The lowest BCUT2D eigenvalue weighted by Gasteiger charge is -2.12. The van der Waals surface area contributed by atoms with E-state index in [1.54, 1.807) is 13.0 Å². The van der Waals surface area contributed by atoms with Crippen LogP contribution in [0.1, 0.15) is 16.7 Å². The summed E-state index contributed by atoms with van der Waals surface area (Å²) in [7, 11) is 0. The smallest absolute Gasteiger partial charge is 0.416 e. The molecule has 7 heteroatoms. The van der Waals surface area contributed by atoms with Crippen molar-refractivity contribution in [2.24, 2.45) is 0 Å². The summed E-state index contributed by atoms with van der Waals surface area (Å²) in [5.41, 5.74) is 0.0960. The van der Waals surface area contributed by atoms with Crippen LogP contribution in [0.3, 0.4) is 0 Å². The van der Waals surface area contributed by atoms with E-state index in [0.29, 0.717) is 22.1 Å². The van der Waals surface area contributed by atoms with Gasteiger partial charge in [-0.25, -0.2) is 4.79 Å². The molecule has 0 spiro atoms. The van der Waals surface area contributed by atoms with Crippen molar-refractivity contribution in [1.29, 1.82) is 0 Å². The summed E-state index contributed by atoms with van der Waals surface area (Å²) < 4.78 is 48.9. The summed E-state index contributed by atoms with van der Waals surface area (Å²) in [6.45, 7) is 1.64. The lowest BCUT2D eigenvalue weighted by molar-refractivity contribution is -0.137. The van der Waals surface area contributed by atoms with Crippen molar-refractivity contribution in [1.82, 2.24) is 0 Å². The molecule has 0 unspecified atom stereocenters.